The molecular weight excluding hydrogens is 317 g/mol. The fourth-order valence-electron chi connectivity index (χ4n) is 1.38. The molecule has 0 spiro atoms. The van der Waals surface area contributed by atoms with Crippen LogP contribution in [0, 0.1) is 0 Å². The van der Waals surface area contributed by atoms with E-state index in [9.17, 15) is 9.59 Å². The quantitative estimate of drug-likeness (QED) is 0.492. The van der Waals surface area contributed by atoms with Crippen molar-refractivity contribution in [1.29, 1.82) is 0 Å². The fourth-order valence-corrected chi connectivity index (χ4v) is 2.04. The Balaban J connectivity index is 2.65. The van der Waals surface area contributed by atoms with E-state index in [0.29, 0.717) is 27.9 Å². The van der Waals surface area contributed by atoms with E-state index in [-0.39, 0.29) is 0 Å². The lowest BCUT2D eigenvalue weighted by atomic mass is 10.2. The number of hydrogen-bond donors (Lipinski definition) is 2. The van der Waals surface area contributed by atoms with Crippen molar-refractivity contribution < 1.29 is 14.3 Å². The molecule has 1 aromatic rings. The third kappa shape index (κ3) is 5.24. The van der Waals surface area contributed by atoms with Crippen molar-refractivity contribution in [2.45, 2.75) is 13.3 Å². The van der Waals surface area contributed by atoms with E-state index in [4.69, 9.17) is 27.9 Å². The van der Waals surface area contributed by atoms with Crippen LogP contribution in [-0.4, -0.2) is 31.7 Å². The second-order valence-electron chi connectivity index (χ2n) is 3.97. The normalized spacial score (nSPS) is 10.5. The Morgan fingerprint density at radius 2 is 1.90 bits per heavy atom. The van der Waals surface area contributed by atoms with E-state index in [2.05, 4.69) is 15.8 Å². The average molecular weight is 332 g/mol. The van der Waals surface area contributed by atoms with Crippen LogP contribution in [0.15, 0.2) is 17.2 Å². The highest BCUT2D eigenvalue weighted by molar-refractivity contribution is 6.37. The van der Waals surface area contributed by atoms with Crippen molar-refractivity contribution in [2.75, 3.05) is 13.7 Å². The third-order valence-electron chi connectivity index (χ3n) is 2.35. The van der Waals surface area contributed by atoms with Gasteiger partial charge in [-0.3, -0.25) is 9.59 Å². The molecule has 2 amide bonds. The fraction of sp³-hybridized carbons (Fsp3) is 0.308. The van der Waals surface area contributed by atoms with Gasteiger partial charge < -0.3 is 10.1 Å². The van der Waals surface area contributed by atoms with Gasteiger partial charge in [-0.15, -0.1) is 0 Å². The molecule has 0 saturated heterocycles. The largest absolute Gasteiger partial charge is 0.494 e. The van der Waals surface area contributed by atoms with Crippen LogP contribution in [0.3, 0.4) is 0 Å². The average Bonchev–Trinajstić information content (AvgIpc) is 2.44. The van der Waals surface area contributed by atoms with Crippen LogP contribution >= 0.6 is 23.2 Å². The maximum atomic E-state index is 11.4. The maximum absolute atomic E-state index is 11.4. The molecule has 1 aromatic carbocycles. The van der Waals surface area contributed by atoms with Gasteiger partial charge >= 0.3 is 11.8 Å². The van der Waals surface area contributed by atoms with Crippen LogP contribution in [0.4, 0.5) is 0 Å². The van der Waals surface area contributed by atoms with Crippen LogP contribution in [0.1, 0.15) is 18.9 Å². The standard InChI is InChI=1S/C13H15Cl2N3O3/c1-3-4-16-12(19)13(20)18-17-7-8-5-9(14)11(21-2)10(15)6-8/h5-7H,3-4H2,1-2H3,(H,16,19)(H,18,20)/b17-7-. The number of benzene rings is 1. The van der Waals surface area contributed by atoms with Crippen LogP contribution in [-0.2, 0) is 9.59 Å². The molecule has 0 saturated carbocycles. The molecule has 0 aliphatic heterocycles. The molecule has 0 fully saturated rings. The molecule has 1 rings (SSSR count). The van der Waals surface area contributed by atoms with Gasteiger partial charge in [0.2, 0.25) is 0 Å². The van der Waals surface area contributed by atoms with E-state index < -0.39 is 11.8 Å². The topological polar surface area (TPSA) is 79.8 Å². The van der Waals surface area contributed by atoms with Crippen molar-refractivity contribution in [3.63, 3.8) is 0 Å². The van der Waals surface area contributed by atoms with Crippen LogP contribution < -0.4 is 15.5 Å². The molecule has 0 unspecified atom stereocenters. The zero-order chi connectivity index (χ0) is 15.8. The summed E-state index contributed by atoms with van der Waals surface area (Å²) in [6, 6.07) is 3.14. The van der Waals surface area contributed by atoms with E-state index in [1.807, 2.05) is 6.92 Å². The molecule has 0 aromatic heterocycles. The van der Waals surface area contributed by atoms with Gasteiger partial charge in [-0.25, -0.2) is 5.43 Å². The Bertz CT molecular complexity index is 539. The van der Waals surface area contributed by atoms with Gasteiger partial charge in [-0.05, 0) is 24.1 Å². The minimum atomic E-state index is -0.842. The lowest BCUT2D eigenvalue weighted by Gasteiger charge is -2.06. The molecule has 0 aliphatic rings. The highest BCUT2D eigenvalue weighted by atomic mass is 35.5. The molecule has 114 valence electrons. The number of nitrogens with zero attached hydrogens (tertiary/aromatic N) is 1. The summed E-state index contributed by atoms with van der Waals surface area (Å²) in [7, 11) is 1.45. The highest BCUT2D eigenvalue weighted by Crippen LogP contribution is 2.33. The summed E-state index contributed by atoms with van der Waals surface area (Å²) in [6.07, 6.45) is 2.06. The Morgan fingerprint density at radius 3 is 2.43 bits per heavy atom. The molecule has 0 bridgehead atoms. The summed E-state index contributed by atoms with van der Waals surface area (Å²) < 4.78 is 5.01. The number of methoxy groups -OCH3 is 1. The number of halogens is 2. The van der Waals surface area contributed by atoms with E-state index in [1.165, 1.54) is 13.3 Å². The van der Waals surface area contributed by atoms with Crippen LogP contribution in [0.25, 0.3) is 0 Å². The number of rotatable bonds is 5. The Hall–Kier alpha value is -1.79. The van der Waals surface area contributed by atoms with Crippen molar-refractivity contribution >= 4 is 41.2 Å². The van der Waals surface area contributed by atoms with Gasteiger partial charge in [0.25, 0.3) is 0 Å². The number of carbonyl (C=O) groups excluding carboxylic acids is 2. The highest BCUT2D eigenvalue weighted by Gasteiger charge is 2.11. The molecular formula is C13H15Cl2N3O3. The van der Waals surface area contributed by atoms with Gasteiger partial charge in [0.05, 0.1) is 23.4 Å². The smallest absolute Gasteiger partial charge is 0.329 e. The lowest BCUT2D eigenvalue weighted by Crippen LogP contribution is -2.38. The van der Waals surface area contributed by atoms with E-state index >= 15 is 0 Å². The summed E-state index contributed by atoms with van der Waals surface area (Å²) in [5, 5.41) is 6.73. The molecule has 6 nitrogen and oxygen atoms in total. The third-order valence-corrected chi connectivity index (χ3v) is 2.91. The van der Waals surface area contributed by atoms with Gasteiger partial charge in [0.1, 0.15) is 0 Å². The molecule has 0 atom stereocenters. The summed E-state index contributed by atoms with van der Waals surface area (Å²) in [5.41, 5.74) is 2.66. The van der Waals surface area contributed by atoms with Gasteiger partial charge in [-0.1, -0.05) is 30.1 Å². The molecule has 0 aliphatic carbocycles. The predicted octanol–water partition coefficient (Wildman–Crippen LogP) is 1.98. The van der Waals surface area contributed by atoms with Gasteiger partial charge in [0, 0.05) is 6.54 Å². The molecule has 2 N–H and O–H groups in total. The Morgan fingerprint density at radius 1 is 1.29 bits per heavy atom. The van der Waals surface area contributed by atoms with Crippen LogP contribution in [0.2, 0.25) is 10.0 Å². The first kappa shape index (κ1) is 17.3. The Labute approximate surface area is 132 Å². The van der Waals surface area contributed by atoms with E-state index in [1.54, 1.807) is 12.1 Å². The number of nitrogens with one attached hydrogen (secondary N) is 2. The van der Waals surface area contributed by atoms with Crippen LogP contribution in [0.5, 0.6) is 5.75 Å². The van der Waals surface area contributed by atoms with Crippen molar-refractivity contribution in [1.82, 2.24) is 10.7 Å². The molecule has 21 heavy (non-hydrogen) atoms. The maximum Gasteiger partial charge on any atom is 0.329 e. The number of ether oxygens (including phenoxy) is 1. The monoisotopic (exact) mass is 331 g/mol. The summed E-state index contributed by atoms with van der Waals surface area (Å²) in [5.74, 6) is -1.22. The second kappa shape index (κ2) is 8.49. The predicted molar refractivity (Wildman–Crippen MR) is 82.1 cm³/mol. The molecule has 0 heterocycles. The zero-order valence-corrected chi connectivity index (χ0v) is 13.1. The summed E-state index contributed by atoms with van der Waals surface area (Å²) in [4.78, 5) is 22.6. The summed E-state index contributed by atoms with van der Waals surface area (Å²) >= 11 is 11.9. The first-order valence-corrected chi connectivity index (χ1v) is 6.89. The summed E-state index contributed by atoms with van der Waals surface area (Å²) in [6.45, 7) is 2.31. The minimum absolute atomic E-state index is 0.318. The zero-order valence-electron chi connectivity index (χ0n) is 11.6. The minimum Gasteiger partial charge on any atom is -0.494 e. The van der Waals surface area contributed by atoms with E-state index in [0.717, 1.165) is 6.42 Å². The lowest BCUT2D eigenvalue weighted by molar-refractivity contribution is -0.139. The van der Waals surface area contributed by atoms with Gasteiger partial charge in [-0.2, -0.15) is 5.10 Å². The number of amides is 2. The van der Waals surface area contributed by atoms with Crippen molar-refractivity contribution in [3.05, 3.63) is 27.7 Å². The molecule has 8 heteroatoms. The number of hydrogen-bond acceptors (Lipinski definition) is 4. The Kier molecular flexibility index (Phi) is 6.98. The SMILES string of the molecule is CCCNC(=O)C(=O)N/N=C\c1cc(Cl)c(OC)c(Cl)c1. The first-order chi connectivity index (χ1) is 9.99. The first-order valence-electron chi connectivity index (χ1n) is 6.13. The van der Waals surface area contributed by atoms with Gasteiger partial charge in [0.15, 0.2) is 5.75 Å². The second-order valence-corrected chi connectivity index (χ2v) is 4.79. The number of hydrazone groups is 1. The number of carbonyl (C=O) groups is 2. The molecule has 0 radical (unpaired) electrons. The van der Waals surface area contributed by atoms with Crippen molar-refractivity contribution in [3.8, 4) is 5.75 Å². The van der Waals surface area contributed by atoms with Crippen molar-refractivity contribution in [2.24, 2.45) is 5.10 Å².